The van der Waals surface area contributed by atoms with E-state index in [0.717, 1.165) is 0 Å². The first kappa shape index (κ1) is 19.9. The molecule has 0 aromatic heterocycles. The number of carboxylic acids is 1. The van der Waals surface area contributed by atoms with E-state index in [4.69, 9.17) is 14.6 Å². The predicted octanol–water partition coefficient (Wildman–Crippen LogP) is 3.63. The summed E-state index contributed by atoms with van der Waals surface area (Å²) in [6.07, 6.45) is -0.0271. The van der Waals surface area contributed by atoms with Gasteiger partial charge in [0.05, 0.1) is 14.2 Å². The Balaban J connectivity index is 2.10. The summed E-state index contributed by atoms with van der Waals surface area (Å²) < 4.78 is 10.3. The van der Waals surface area contributed by atoms with Crippen LogP contribution in [0.15, 0.2) is 47.6 Å². The molecule has 0 bridgehead atoms. The highest BCUT2D eigenvalue weighted by molar-refractivity contribution is 6.04. The van der Waals surface area contributed by atoms with E-state index in [0.29, 0.717) is 28.3 Å². The highest BCUT2D eigenvalue weighted by Crippen LogP contribution is 2.25. The van der Waals surface area contributed by atoms with Gasteiger partial charge in [-0.15, -0.1) is 0 Å². The number of rotatable bonds is 9. The average molecular weight is 372 g/mol. The van der Waals surface area contributed by atoms with Crippen LogP contribution in [0.1, 0.15) is 34.8 Å². The molecule has 8 heteroatoms. The number of anilines is 1. The van der Waals surface area contributed by atoms with Crippen molar-refractivity contribution in [2.24, 2.45) is 5.18 Å². The van der Waals surface area contributed by atoms with Crippen molar-refractivity contribution < 1.29 is 24.2 Å². The van der Waals surface area contributed by atoms with Crippen molar-refractivity contribution in [1.29, 1.82) is 0 Å². The number of hydrogen-bond donors (Lipinski definition) is 2. The van der Waals surface area contributed by atoms with Gasteiger partial charge in [0.25, 0.3) is 5.91 Å². The quantitative estimate of drug-likeness (QED) is 0.650. The molecule has 2 rings (SSSR count). The molecule has 0 spiro atoms. The third-order valence-electron chi connectivity index (χ3n) is 3.93. The number of nitrogens with one attached hydrogen (secondary N) is 1. The predicted molar refractivity (Wildman–Crippen MR) is 99.3 cm³/mol. The van der Waals surface area contributed by atoms with Crippen molar-refractivity contribution in [2.75, 3.05) is 19.5 Å². The lowest BCUT2D eigenvalue weighted by molar-refractivity contribution is -0.137. The average Bonchev–Trinajstić information content (AvgIpc) is 2.68. The molecule has 2 aromatic carbocycles. The number of aliphatic carboxylic acids is 1. The largest absolute Gasteiger partial charge is 0.497 e. The van der Waals surface area contributed by atoms with Gasteiger partial charge in [-0.1, -0.05) is 17.3 Å². The molecule has 0 fully saturated rings. The Kier molecular flexibility index (Phi) is 6.87. The topological polar surface area (TPSA) is 114 Å². The van der Waals surface area contributed by atoms with Crippen molar-refractivity contribution in [2.45, 2.75) is 18.9 Å². The fourth-order valence-corrected chi connectivity index (χ4v) is 2.47. The van der Waals surface area contributed by atoms with Crippen LogP contribution in [0.25, 0.3) is 0 Å². The van der Waals surface area contributed by atoms with Gasteiger partial charge in [0.1, 0.15) is 17.5 Å². The minimum Gasteiger partial charge on any atom is -0.497 e. The van der Waals surface area contributed by atoms with Crippen molar-refractivity contribution in [1.82, 2.24) is 0 Å². The van der Waals surface area contributed by atoms with Crippen LogP contribution < -0.4 is 14.8 Å². The summed E-state index contributed by atoms with van der Waals surface area (Å²) in [4.78, 5) is 34.0. The van der Waals surface area contributed by atoms with Crippen molar-refractivity contribution in [3.05, 3.63) is 58.5 Å². The number of nitroso groups, excluding NO2 is 1. The van der Waals surface area contributed by atoms with E-state index in [2.05, 4.69) is 10.5 Å². The van der Waals surface area contributed by atoms with Gasteiger partial charge in [0.2, 0.25) is 0 Å². The standard InChI is InChI=1S/C19H20N2O6/c1-26-15-9-13(10-16(11-15)27-2)19(24)20-14-5-3-12(4-6-14)17(21-25)7-8-18(22)23/h3-6,9-11,17H,7-8H2,1-2H3,(H,20,24)(H,22,23). The number of hydrogen-bond acceptors (Lipinski definition) is 6. The first-order valence-electron chi connectivity index (χ1n) is 8.15. The summed E-state index contributed by atoms with van der Waals surface area (Å²) >= 11 is 0. The monoisotopic (exact) mass is 372 g/mol. The van der Waals surface area contributed by atoms with Crippen LogP contribution in [0.4, 0.5) is 5.69 Å². The van der Waals surface area contributed by atoms with Crippen LogP contribution in [0.3, 0.4) is 0 Å². The van der Waals surface area contributed by atoms with Gasteiger partial charge in [-0.3, -0.25) is 9.59 Å². The molecule has 1 amide bonds. The first-order valence-corrected chi connectivity index (χ1v) is 8.15. The van der Waals surface area contributed by atoms with E-state index in [9.17, 15) is 14.5 Å². The molecule has 0 aliphatic heterocycles. The van der Waals surface area contributed by atoms with E-state index in [1.54, 1.807) is 42.5 Å². The summed E-state index contributed by atoms with van der Waals surface area (Å²) in [6.45, 7) is 0. The van der Waals surface area contributed by atoms with Crippen LogP contribution in [-0.4, -0.2) is 31.2 Å². The fraction of sp³-hybridized carbons (Fsp3) is 0.263. The molecule has 1 atom stereocenters. The number of carboxylic acid groups (broad SMARTS) is 1. The molecular weight excluding hydrogens is 352 g/mol. The molecule has 1 unspecified atom stereocenters. The maximum absolute atomic E-state index is 12.4. The lowest BCUT2D eigenvalue weighted by Crippen LogP contribution is -2.12. The molecule has 0 aliphatic carbocycles. The number of nitrogens with zero attached hydrogens (tertiary/aromatic N) is 1. The number of methoxy groups -OCH3 is 2. The Morgan fingerprint density at radius 3 is 2.15 bits per heavy atom. The molecule has 2 aromatic rings. The van der Waals surface area contributed by atoms with Gasteiger partial charge in [0.15, 0.2) is 0 Å². The van der Waals surface area contributed by atoms with Crippen molar-refractivity contribution >= 4 is 17.6 Å². The number of amides is 1. The zero-order valence-electron chi connectivity index (χ0n) is 15.0. The van der Waals surface area contributed by atoms with Crippen molar-refractivity contribution in [3.63, 3.8) is 0 Å². The first-order chi connectivity index (χ1) is 13.0. The Morgan fingerprint density at radius 2 is 1.67 bits per heavy atom. The zero-order chi connectivity index (χ0) is 19.8. The van der Waals surface area contributed by atoms with Gasteiger partial charge < -0.3 is 19.9 Å². The van der Waals surface area contributed by atoms with E-state index in [1.165, 1.54) is 14.2 Å². The molecule has 0 heterocycles. The Labute approximate surface area is 156 Å². The van der Waals surface area contributed by atoms with E-state index in [-0.39, 0.29) is 18.7 Å². The maximum atomic E-state index is 12.4. The lowest BCUT2D eigenvalue weighted by Gasteiger charge is -2.11. The molecule has 8 nitrogen and oxygen atoms in total. The summed E-state index contributed by atoms with van der Waals surface area (Å²) in [5, 5.41) is 14.4. The van der Waals surface area contributed by atoms with Crippen LogP contribution in [0.5, 0.6) is 11.5 Å². The van der Waals surface area contributed by atoms with Crippen LogP contribution in [0, 0.1) is 4.91 Å². The maximum Gasteiger partial charge on any atom is 0.303 e. The molecule has 0 aliphatic rings. The smallest absolute Gasteiger partial charge is 0.303 e. The van der Waals surface area contributed by atoms with E-state index >= 15 is 0 Å². The fourth-order valence-electron chi connectivity index (χ4n) is 2.47. The van der Waals surface area contributed by atoms with Crippen molar-refractivity contribution in [3.8, 4) is 11.5 Å². The zero-order valence-corrected chi connectivity index (χ0v) is 15.0. The molecule has 142 valence electrons. The van der Waals surface area contributed by atoms with Gasteiger partial charge in [0, 0.05) is 23.7 Å². The number of carbonyl (C=O) groups is 2. The minimum atomic E-state index is -0.985. The number of carbonyl (C=O) groups excluding carboxylic acids is 1. The van der Waals surface area contributed by atoms with E-state index in [1.807, 2.05) is 0 Å². The summed E-state index contributed by atoms with van der Waals surface area (Å²) in [6, 6.07) is 10.6. The Hall–Kier alpha value is -3.42. The molecule has 0 saturated carbocycles. The summed E-state index contributed by atoms with van der Waals surface area (Å²) in [5.41, 5.74) is 1.48. The molecular formula is C19H20N2O6. The second kappa shape index (κ2) is 9.33. The van der Waals surface area contributed by atoms with Crippen LogP contribution in [0.2, 0.25) is 0 Å². The van der Waals surface area contributed by atoms with Gasteiger partial charge >= 0.3 is 5.97 Å². The highest BCUT2D eigenvalue weighted by Gasteiger charge is 2.15. The Bertz CT molecular complexity index is 797. The molecule has 27 heavy (non-hydrogen) atoms. The molecule has 0 saturated heterocycles. The third-order valence-corrected chi connectivity index (χ3v) is 3.93. The Morgan fingerprint density at radius 1 is 1.07 bits per heavy atom. The lowest BCUT2D eigenvalue weighted by atomic mass is 10.0. The second-order valence-corrected chi connectivity index (χ2v) is 5.73. The van der Waals surface area contributed by atoms with Gasteiger partial charge in [-0.2, -0.15) is 4.91 Å². The van der Waals surface area contributed by atoms with Gasteiger partial charge in [-0.25, -0.2) is 0 Å². The number of ether oxygens (including phenoxy) is 2. The van der Waals surface area contributed by atoms with E-state index < -0.39 is 12.0 Å². The molecule has 0 radical (unpaired) electrons. The summed E-state index contributed by atoms with van der Waals surface area (Å²) in [5.74, 6) is -0.349. The highest BCUT2D eigenvalue weighted by atomic mass is 16.5. The summed E-state index contributed by atoms with van der Waals surface area (Å²) in [7, 11) is 2.99. The molecule has 2 N–H and O–H groups in total. The normalized spacial score (nSPS) is 11.3. The SMILES string of the molecule is COc1cc(OC)cc(C(=O)Nc2ccc(C(CCC(=O)O)N=O)cc2)c1. The van der Waals surface area contributed by atoms with Crippen LogP contribution in [-0.2, 0) is 4.79 Å². The second-order valence-electron chi connectivity index (χ2n) is 5.73. The third kappa shape index (κ3) is 5.53. The van der Waals surface area contributed by atoms with Crippen LogP contribution >= 0.6 is 0 Å². The number of benzene rings is 2. The minimum absolute atomic E-state index is 0.119. The van der Waals surface area contributed by atoms with Gasteiger partial charge in [-0.05, 0) is 36.2 Å².